The van der Waals surface area contributed by atoms with Gasteiger partial charge in [-0.3, -0.25) is 4.90 Å². The number of allylic oxidation sites excluding steroid dienone is 4. The van der Waals surface area contributed by atoms with Gasteiger partial charge in [-0.05, 0) is 86.2 Å². The van der Waals surface area contributed by atoms with Crippen LogP contribution in [-0.4, -0.2) is 45.7 Å². The molecule has 0 bridgehead atoms. The highest BCUT2D eigenvalue weighted by Gasteiger charge is 2.35. The second-order valence-corrected chi connectivity index (χ2v) is 8.71. The summed E-state index contributed by atoms with van der Waals surface area (Å²) < 4.78 is 7.83. The lowest BCUT2D eigenvalue weighted by molar-refractivity contribution is 0.238. The summed E-state index contributed by atoms with van der Waals surface area (Å²) in [5, 5.41) is 8.05. The van der Waals surface area contributed by atoms with Crippen LogP contribution in [0.1, 0.15) is 25.0 Å². The Hall–Kier alpha value is -3.12. The van der Waals surface area contributed by atoms with Gasteiger partial charge in [0.2, 0.25) is 5.95 Å². The lowest BCUT2D eigenvalue weighted by Crippen LogP contribution is -2.25. The molecular weight excluding hydrogens is 386 g/mol. The molecule has 2 aliphatic carbocycles. The predicted octanol–water partition coefficient (Wildman–Crippen LogP) is 4.54. The van der Waals surface area contributed by atoms with Crippen LogP contribution in [0.3, 0.4) is 0 Å². The molecule has 2 fully saturated rings. The van der Waals surface area contributed by atoms with Crippen molar-refractivity contribution in [3.63, 3.8) is 0 Å². The zero-order valence-corrected chi connectivity index (χ0v) is 17.6. The highest BCUT2D eigenvalue weighted by Crippen LogP contribution is 2.45. The van der Waals surface area contributed by atoms with Gasteiger partial charge in [-0.2, -0.15) is 4.98 Å². The first-order chi connectivity index (χ1) is 15.3. The lowest BCUT2D eigenvalue weighted by atomic mass is 10.0. The summed E-state index contributed by atoms with van der Waals surface area (Å²) in [7, 11) is 0. The van der Waals surface area contributed by atoms with Crippen LogP contribution in [0.15, 0.2) is 60.7 Å². The molecule has 6 heteroatoms. The predicted molar refractivity (Wildman–Crippen MR) is 123 cm³/mol. The van der Waals surface area contributed by atoms with E-state index in [4.69, 9.17) is 9.84 Å². The topological polar surface area (TPSA) is 54.7 Å². The molecule has 6 rings (SSSR count). The fourth-order valence-corrected chi connectivity index (χ4v) is 4.57. The summed E-state index contributed by atoms with van der Waals surface area (Å²) in [5.41, 5.74) is 4.11. The molecule has 158 valence electrons. The molecular formula is C25H27N5O. The van der Waals surface area contributed by atoms with Crippen LogP contribution in [0.25, 0.3) is 11.2 Å². The molecule has 1 saturated heterocycles. The SMILES string of the molecule is C1=CC2CC2C=C1c1cccc2nc(Nc3ccc(OCCN4CCCC4)cc3)nn12. The zero-order valence-electron chi connectivity index (χ0n) is 17.6. The lowest BCUT2D eigenvalue weighted by Gasteiger charge is -2.15. The number of hydrogen-bond acceptors (Lipinski definition) is 5. The van der Waals surface area contributed by atoms with E-state index in [0.29, 0.717) is 11.9 Å². The first-order valence-electron chi connectivity index (χ1n) is 11.3. The van der Waals surface area contributed by atoms with Gasteiger partial charge in [0.05, 0.1) is 5.69 Å². The Morgan fingerprint density at radius 1 is 1.03 bits per heavy atom. The van der Waals surface area contributed by atoms with Gasteiger partial charge in [0.15, 0.2) is 5.65 Å². The molecule has 3 aromatic rings. The van der Waals surface area contributed by atoms with Crippen molar-refractivity contribution in [3.05, 3.63) is 66.4 Å². The van der Waals surface area contributed by atoms with E-state index in [1.807, 2.05) is 40.9 Å². The third kappa shape index (κ3) is 3.95. The van der Waals surface area contributed by atoms with Crippen LogP contribution in [0, 0.1) is 11.8 Å². The average molecular weight is 414 g/mol. The summed E-state index contributed by atoms with van der Waals surface area (Å²) in [4.78, 5) is 7.12. The van der Waals surface area contributed by atoms with Crippen LogP contribution in [0.2, 0.25) is 0 Å². The van der Waals surface area contributed by atoms with E-state index in [-0.39, 0.29) is 0 Å². The van der Waals surface area contributed by atoms with E-state index >= 15 is 0 Å². The number of ether oxygens (including phenoxy) is 1. The van der Waals surface area contributed by atoms with Crippen molar-refractivity contribution in [2.75, 3.05) is 31.6 Å². The van der Waals surface area contributed by atoms with Crippen LogP contribution >= 0.6 is 0 Å². The van der Waals surface area contributed by atoms with Crippen molar-refractivity contribution in [3.8, 4) is 5.75 Å². The molecule has 1 aromatic carbocycles. The van der Waals surface area contributed by atoms with Crippen LogP contribution in [0.5, 0.6) is 5.75 Å². The first-order valence-corrected chi connectivity index (χ1v) is 11.3. The molecule has 1 N–H and O–H groups in total. The molecule has 6 nitrogen and oxygen atoms in total. The van der Waals surface area contributed by atoms with Gasteiger partial charge >= 0.3 is 0 Å². The molecule has 0 spiro atoms. The summed E-state index contributed by atoms with van der Waals surface area (Å²) >= 11 is 0. The van der Waals surface area contributed by atoms with Crippen LogP contribution in [0.4, 0.5) is 11.6 Å². The minimum Gasteiger partial charge on any atom is -0.492 e. The van der Waals surface area contributed by atoms with E-state index in [1.54, 1.807) is 0 Å². The minimum atomic E-state index is 0.597. The number of aromatic nitrogens is 3. The van der Waals surface area contributed by atoms with Crippen LogP contribution < -0.4 is 10.1 Å². The molecule has 3 heterocycles. The maximum atomic E-state index is 5.90. The number of pyridine rings is 1. The van der Waals surface area contributed by atoms with Crippen molar-refractivity contribution in [2.24, 2.45) is 11.8 Å². The molecule has 2 aromatic heterocycles. The maximum Gasteiger partial charge on any atom is 0.247 e. The molecule has 1 saturated carbocycles. The largest absolute Gasteiger partial charge is 0.492 e. The summed E-state index contributed by atoms with van der Waals surface area (Å²) in [6, 6.07) is 14.2. The number of benzene rings is 1. The fraction of sp³-hybridized carbons (Fsp3) is 0.360. The normalized spacial score (nSPS) is 22.4. The second kappa shape index (κ2) is 7.85. The van der Waals surface area contributed by atoms with Gasteiger partial charge in [-0.25, -0.2) is 4.52 Å². The zero-order chi connectivity index (χ0) is 20.6. The van der Waals surface area contributed by atoms with Gasteiger partial charge in [0.25, 0.3) is 0 Å². The Bertz CT molecular complexity index is 1140. The molecule has 2 atom stereocenters. The van der Waals surface area contributed by atoms with Crippen LogP contribution in [-0.2, 0) is 0 Å². The number of anilines is 2. The summed E-state index contributed by atoms with van der Waals surface area (Å²) in [6.07, 6.45) is 10.8. The third-order valence-corrected chi connectivity index (χ3v) is 6.45. The molecule has 0 amide bonds. The van der Waals surface area contributed by atoms with Crippen molar-refractivity contribution in [1.82, 2.24) is 19.5 Å². The third-order valence-electron chi connectivity index (χ3n) is 6.45. The van der Waals surface area contributed by atoms with Gasteiger partial charge in [-0.15, -0.1) is 5.10 Å². The van der Waals surface area contributed by atoms with Gasteiger partial charge < -0.3 is 10.1 Å². The molecule has 31 heavy (non-hydrogen) atoms. The molecule has 3 aliphatic rings. The Morgan fingerprint density at radius 3 is 2.74 bits per heavy atom. The Morgan fingerprint density at radius 2 is 1.90 bits per heavy atom. The number of likely N-dealkylation sites (tertiary alicyclic amines) is 1. The Labute approximate surface area is 182 Å². The van der Waals surface area contributed by atoms with Gasteiger partial charge in [0, 0.05) is 12.2 Å². The van der Waals surface area contributed by atoms with E-state index in [1.165, 1.54) is 37.9 Å². The number of nitrogens with zero attached hydrogens (tertiary/aromatic N) is 4. The molecule has 1 aliphatic heterocycles. The smallest absolute Gasteiger partial charge is 0.247 e. The average Bonchev–Trinajstić information content (AvgIpc) is 3.16. The highest BCUT2D eigenvalue weighted by atomic mass is 16.5. The highest BCUT2D eigenvalue weighted by molar-refractivity contribution is 5.75. The molecule has 2 unspecified atom stereocenters. The monoisotopic (exact) mass is 413 g/mol. The van der Waals surface area contributed by atoms with Crippen molar-refractivity contribution < 1.29 is 4.74 Å². The standard InChI is InChI=1S/C25H27N5O/c1-2-13-29(12-1)14-15-31-22-10-8-21(9-11-22)26-25-27-24-5-3-4-23(30(24)28-25)19-7-6-18-16-20(18)17-19/h3-11,17-18,20H,1-2,12-16H2,(H,26,28). The summed E-state index contributed by atoms with van der Waals surface area (Å²) in [5.74, 6) is 2.94. The van der Waals surface area contributed by atoms with Crippen molar-refractivity contribution >= 4 is 22.9 Å². The number of hydrogen-bond donors (Lipinski definition) is 1. The van der Waals surface area contributed by atoms with Crippen molar-refractivity contribution in [1.29, 1.82) is 0 Å². The number of nitrogens with one attached hydrogen (secondary N) is 1. The van der Waals surface area contributed by atoms with E-state index in [2.05, 4.69) is 39.5 Å². The van der Waals surface area contributed by atoms with Gasteiger partial charge in [-0.1, -0.05) is 24.3 Å². The Kier molecular flexibility index (Phi) is 4.72. The second-order valence-electron chi connectivity index (χ2n) is 8.71. The summed E-state index contributed by atoms with van der Waals surface area (Å²) in [6.45, 7) is 4.14. The van der Waals surface area contributed by atoms with E-state index in [0.717, 1.165) is 41.8 Å². The first kappa shape index (κ1) is 18.6. The quantitative estimate of drug-likeness (QED) is 0.616. The van der Waals surface area contributed by atoms with Crippen molar-refractivity contribution in [2.45, 2.75) is 19.3 Å². The number of rotatable bonds is 7. The minimum absolute atomic E-state index is 0.597. The fourth-order valence-electron chi connectivity index (χ4n) is 4.57. The van der Waals surface area contributed by atoms with E-state index in [9.17, 15) is 0 Å². The van der Waals surface area contributed by atoms with E-state index < -0.39 is 0 Å². The molecule has 0 radical (unpaired) electrons. The Balaban J connectivity index is 1.13. The number of fused-ring (bicyclic) bond motifs is 2. The van der Waals surface area contributed by atoms with Gasteiger partial charge in [0.1, 0.15) is 12.4 Å². The maximum absolute atomic E-state index is 5.90.